The molecule has 1 saturated heterocycles. The molecule has 30 heavy (non-hydrogen) atoms. The van der Waals surface area contributed by atoms with Crippen molar-refractivity contribution in [3.8, 4) is 0 Å². The second-order valence-electron chi connectivity index (χ2n) is 8.06. The number of carbonyl (C=O) groups is 2. The Morgan fingerprint density at radius 1 is 1.40 bits per heavy atom. The summed E-state index contributed by atoms with van der Waals surface area (Å²) < 4.78 is 12.1. The maximum Gasteiger partial charge on any atom is 0.265 e. The molecule has 0 aliphatic carbocycles. The molecule has 164 valence electrons. The molecule has 3 rings (SSSR count). The Bertz CT molecular complexity index is 978. The van der Waals surface area contributed by atoms with Crippen molar-refractivity contribution in [1.29, 1.82) is 0 Å². The molecule has 0 saturated carbocycles. The molecule has 1 unspecified atom stereocenters. The third-order valence-electron chi connectivity index (χ3n) is 5.33. The maximum atomic E-state index is 13.3. The Morgan fingerprint density at radius 2 is 2.17 bits per heavy atom. The van der Waals surface area contributed by atoms with Crippen LogP contribution in [0.4, 0.5) is 0 Å². The number of hydrogen-bond acceptors (Lipinski definition) is 6. The van der Waals surface area contributed by atoms with Gasteiger partial charge in [-0.25, -0.2) is 4.98 Å². The SMILES string of the molecule is COCCCn1cnc2oc(C)c(C(=O)N3CCCC(C(=O)NC(C)C)C3)c2c1=O. The van der Waals surface area contributed by atoms with Crippen molar-refractivity contribution in [3.63, 3.8) is 0 Å². The highest BCUT2D eigenvalue weighted by Crippen LogP contribution is 2.25. The predicted molar refractivity (Wildman–Crippen MR) is 111 cm³/mol. The molecule has 9 nitrogen and oxygen atoms in total. The van der Waals surface area contributed by atoms with Crippen molar-refractivity contribution in [1.82, 2.24) is 19.8 Å². The summed E-state index contributed by atoms with van der Waals surface area (Å²) in [4.78, 5) is 44.7. The first-order valence-corrected chi connectivity index (χ1v) is 10.4. The fourth-order valence-corrected chi connectivity index (χ4v) is 3.87. The number of methoxy groups -OCH3 is 1. The minimum Gasteiger partial charge on any atom is -0.442 e. The van der Waals surface area contributed by atoms with E-state index >= 15 is 0 Å². The molecule has 1 fully saturated rings. The molecule has 2 amide bonds. The lowest BCUT2D eigenvalue weighted by atomic mass is 9.96. The van der Waals surface area contributed by atoms with Crippen molar-refractivity contribution in [2.75, 3.05) is 26.8 Å². The van der Waals surface area contributed by atoms with Crippen LogP contribution in [0.25, 0.3) is 11.1 Å². The first-order valence-electron chi connectivity index (χ1n) is 10.4. The Balaban J connectivity index is 1.88. The van der Waals surface area contributed by atoms with Gasteiger partial charge < -0.3 is 19.4 Å². The van der Waals surface area contributed by atoms with Crippen LogP contribution in [0, 0.1) is 12.8 Å². The molecular formula is C21H30N4O5. The summed E-state index contributed by atoms with van der Waals surface area (Å²) >= 11 is 0. The number of nitrogens with zero attached hydrogens (tertiary/aromatic N) is 3. The monoisotopic (exact) mass is 418 g/mol. The number of hydrogen-bond donors (Lipinski definition) is 1. The van der Waals surface area contributed by atoms with Crippen LogP contribution in [0.3, 0.4) is 0 Å². The van der Waals surface area contributed by atoms with Crippen molar-refractivity contribution in [2.45, 2.75) is 52.6 Å². The van der Waals surface area contributed by atoms with Crippen LogP contribution in [-0.2, 0) is 16.1 Å². The Labute approximate surface area is 175 Å². The van der Waals surface area contributed by atoms with Gasteiger partial charge in [-0.3, -0.25) is 19.0 Å². The van der Waals surface area contributed by atoms with Gasteiger partial charge in [0.25, 0.3) is 11.5 Å². The largest absolute Gasteiger partial charge is 0.442 e. The van der Waals surface area contributed by atoms with Crippen molar-refractivity contribution < 1.29 is 18.7 Å². The van der Waals surface area contributed by atoms with Crippen LogP contribution in [0.1, 0.15) is 49.2 Å². The summed E-state index contributed by atoms with van der Waals surface area (Å²) in [5, 5.41) is 3.12. The zero-order valence-corrected chi connectivity index (χ0v) is 18.1. The number of carbonyl (C=O) groups excluding carboxylic acids is 2. The van der Waals surface area contributed by atoms with E-state index in [4.69, 9.17) is 9.15 Å². The van der Waals surface area contributed by atoms with Crippen LogP contribution in [0.2, 0.25) is 0 Å². The van der Waals surface area contributed by atoms with Gasteiger partial charge in [-0.15, -0.1) is 0 Å². The average molecular weight is 418 g/mol. The first kappa shape index (κ1) is 22.0. The highest BCUT2D eigenvalue weighted by atomic mass is 16.5. The zero-order chi connectivity index (χ0) is 21.8. The summed E-state index contributed by atoms with van der Waals surface area (Å²) in [5.41, 5.74) is 0.103. The van der Waals surface area contributed by atoms with Gasteiger partial charge in [0, 0.05) is 39.4 Å². The molecule has 0 aromatic carbocycles. The molecule has 0 bridgehead atoms. The lowest BCUT2D eigenvalue weighted by Crippen LogP contribution is -2.46. The highest BCUT2D eigenvalue weighted by molar-refractivity contribution is 6.06. The van der Waals surface area contributed by atoms with Crippen molar-refractivity contribution >= 4 is 22.9 Å². The van der Waals surface area contributed by atoms with E-state index in [1.807, 2.05) is 13.8 Å². The summed E-state index contributed by atoms with van der Waals surface area (Å²) in [6.07, 6.45) is 3.56. The molecule has 1 atom stereocenters. The number of aryl methyl sites for hydroxylation is 2. The van der Waals surface area contributed by atoms with E-state index in [9.17, 15) is 14.4 Å². The van der Waals surface area contributed by atoms with E-state index in [0.717, 1.165) is 12.8 Å². The number of fused-ring (bicyclic) bond motifs is 1. The van der Waals surface area contributed by atoms with Gasteiger partial charge in [0.05, 0.1) is 11.5 Å². The predicted octanol–water partition coefficient (Wildman–Crippen LogP) is 1.71. The lowest BCUT2D eigenvalue weighted by Gasteiger charge is -2.32. The molecule has 9 heteroatoms. The van der Waals surface area contributed by atoms with Crippen LogP contribution in [0.15, 0.2) is 15.5 Å². The molecule has 2 aromatic rings. The molecule has 1 aliphatic heterocycles. The zero-order valence-electron chi connectivity index (χ0n) is 18.1. The number of rotatable bonds is 7. The van der Waals surface area contributed by atoms with Gasteiger partial charge in [0.1, 0.15) is 17.5 Å². The maximum absolute atomic E-state index is 13.3. The average Bonchev–Trinajstić information content (AvgIpc) is 3.05. The Kier molecular flexibility index (Phi) is 6.91. The van der Waals surface area contributed by atoms with Crippen LogP contribution in [0.5, 0.6) is 0 Å². The fourth-order valence-electron chi connectivity index (χ4n) is 3.87. The number of piperidine rings is 1. The Morgan fingerprint density at radius 3 is 2.87 bits per heavy atom. The number of furan rings is 1. The summed E-state index contributed by atoms with van der Waals surface area (Å²) in [7, 11) is 1.60. The van der Waals surface area contributed by atoms with Crippen LogP contribution < -0.4 is 10.9 Å². The number of amides is 2. The van der Waals surface area contributed by atoms with Crippen molar-refractivity contribution in [2.24, 2.45) is 5.92 Å². The number of aromatic nitrogens is 2. The Hall–Kier alpha value is -2.68. The van der Waals surface area contributed by atoms with Crippen LogP contribution >= 0.6 is 0 Å². The van der Waals surface area contributed by atoms with E-state index in [0.29, 0.717) is 38.4 Å². The second-order valence-corrected chi connectivity index (χ2v) is 8.06. The van der Waals surface area contributed by atoms with Gasteiger partial charge in [-0.1, -0.05) is 0 Å². The minimum atomic E-state index is -0.303. The number of nitrogens with one attached hydrogen (secondary N) is 1. The third-order valence-corrected chi connectivity index (χ3v) is 5.33. The van der Waals surface area contributed by atoms with Crippen LogP contribution in [-0.4, -0.2) is 59.1 Å². The molecule has 3 heterocycles. The topological polar surface area (TPSA) is 107 Å². The summed E-state index contributed by atoms with van der Waals surface area (Å²) in [6, 6.07) is 0.0475. The smallest absolute Gasteiger partial charge is 0.265 e. The molecule has 0 spiro atoms. The minimum absolute atomic E-state index is 0.0431. The highest BCUT2D eigenvalue weighted by Gasteiger charge is 2.32. The van der Waals surface area contributed by atoms with Gasteiger partial charge in [0.2, 0.25) is 11.6 Å². The molecule has 0 radical (unpaired) electrons. The third kappa shape index (κ3) is 4.56. The number of likely N-dealkylation sites (tertiary alicyclic amines) is 1. The fraction of sp³-hybridized carbons (Fsp3) is 0.619. The normalized spacial score (nSPS) is 17.0. The molecular weight excluding hydrogens is 388 g/mol. The standard InChI is InChI=1S/C21H30N4O5/c1-13(2)23-18(26)15-7-5-8-24(11-15)20(27)16-14(3)30-19-17(16)21(28)25(12-22-19)9-6-10-29-4/h12-13,15H,5-11H2,1-4H3,(H,23,26). The quantitative estimate of drug-likeness (QED) is 0.686. The second kappa shape index (κ2) is 9.42. The van der Waals surface area contributed by atoms with E-state index in [-0.39, 0.29) is 46.0 Å². The van der Waals surface area contributed by atoms with E-state index < -0.39 is 0 Å². The summed E-state index contributed by atoms with van der Waals surface area (Å²) in [5.74, 6) is -0.226. The number of ether oxygens (including phenoxy) is 1. The van der Waals surface area contributed by atoms with E-state index in [2.05, 4.69) is 10.3 Å². The molecule has 2 aromatic heterocycles. The lowest BCUT2D eigenvalue weighted by molar-refractivity contribution is -0.126. The van der Waals surface area contributed by atoms with Gasteiger partial charge >= 0.3 is 0 Å². The van der Waals surface area contributed by atoms with Crippen molar-refractivity contribution in [3.05, 3.63) is 28.0 Å². The van der Waals surface area contributed by atoms with E-state index in [1.54, 1.807) is 18.9 Å². The van der Waals surface area contributed by atoms with Gasteiger partial charge in [0.15, 0.2) is 0 Å². The summed E-state index contributed by atoms with van der Waals surface area (Å²) in [6.45, 7) is 7.31. The molecule has 1 aliphatic rings. The molecule has 1 N–H and O–H groups in total. The van der Waals surface area contributed by atoms with E-state index in [1.165, 1.54) is 10.9 Å². The first-order chi connectivity index (χ1) is 14.3. The van der Waals surface area contributed by atoms with Gasteiger partial charge in [-0.2, -0.15) is 0 Å². The van der Waals surface area contributed by atoms with Gasteiger partial charge in [-0.05, 0) is 40.0 Å².